The van der Waals surface area contributed by atoms with E-state index in [1.807, 2.05) is 37.3 Å². The van der Waals surface area contributed by atoms with Crippen LogP contribution in [0, 0.1) is 11.8 Å². The maximum atomic E-state index is 14.3. The van der Waals surface area contributed by atoms with Crippen LogP contribution in [0.4, 0.5) is 5.69 Å². The number of halogens is 1. The number of anilines is 1. The first kappa shape index (κ1) is 26.7. The monoisotopic (exact) mass is 540 g/mol. The molecular weight excluding hydrogens is 508 g/mol. The summed E-state index contributed by atoms with van der Waals surface area (Å²) in [6.45, 7) is 3.49. The average Bonchev–Trinajstić information content (AvgIpc) is 3.53. The Morgan fingerprint density at radius 1 is 1.16 bits per heavy atom. The molecule has 0 aliphatic carbocycles. The van der Waals surface area contributed by atoms with Crippen molar-refractivity contribution in [3.05, 3.63) is 65.2 Å². The van der Waals surface area contributed by atoms with E-state index in [1.54, 1.807) is 31.2 Å². The van der Waals surface area contributed by atoms with E-state index >= 15 is 0 Å². The van der Waals surface area contributed by atoms with E-state index in [-0.39, 0.29) is 19.1 Å². The summed E-state index contributed by atoms with van der Waals surface area (Å²) >= 11 is 6.02. The van der Waals surface area contributed by atoms with Crippen molar-refractivity contribution in [1.82, 2.24) is 4.90 Å². The predicted octanol–water partition coefficient (Wildman–Crippen LogP) is 3.60. The number of nitrogens with zero attached hydrogens (tertiary/aromatic N) is 1. The van der Waals surface area contributed by atoms with Crippen LogP contribution < -0.4 is 5.32 Å². The second kappa shape index (κ2) is 10.3. The number of carbonyl (C=O) groups excluding carboxylic acids is 3. The molecule has 0 saturated carbocycles. The molecule has 2 N–H and O–H groups in total. The zero-order chi connectivity index (χ0) is 27.1. The van der Waals surface area contributed by atoms with Crippen LogP contribution in [-0.4, -0.2) is 64.3 Å². The number of aliphatic hydroxyl groups is 1. The Balaban J connectivity index is 1.58. The minimum absolute atomic E-state index is 0.181. The lowest BCUT2D eigenvalue weighted by molar-refractivity contribution is -0.161. The lowest BCUT2D eigenvalue weighted by atomic mass is 9.65. The van der Waals surface area contributed by atoms with Gasteiger partial charge in [0.2, 0.25) is 11.8 Å². The van der Waals surface area contributed by atoms with Crippen LogP contribution in [0.3, 0.4) is 0 Å². The van der Waals surface area contributed by atoms with E-state index < -0.39 is 47.0 Å². The van der Waals surface area contributed by atoms with Crippen molar-refractivity contribution >= 4 is 35.1 Å². The smallest absolute Gasteiger partial charge is 0.312 e. The van der Waals surface area contributed by atoms with Crippen LogP contribution >= 0.6 is 11.6 Å². The third kappa shape index (κ3) is 4.19. The maximum absolute atomic E-state index is 14.3. The molecule has 2 amide bonds. The third-order valence-corrected chi connectivity index (χ3v) is 8.69. The molecule has 1 spiro atoms. The number of rotatable bonds is 9. The zero-order valence-corrected chi connectivity index (χ0v) is 22.3. The molecule has 3 aliphatic heterocycles. The molecule has 2 unspecified atom stereocenters. The summed E-state index contributed by atoms with van der Waals surface area (Å²) in [5.74, 6) is -2.95. The van der Waals surface area contributed by atoms with Gasteiger partial charge in [0.25, 0.3) is 0 Å². The second-order valence-corrected chi connectivity index (χ2v) is 10.8. The van der Waals surface area contributed by atoms with Gasteiger partial charge in [-0.2, -0.15) is 0 Å². The molecule has 2 aromatic carbocycles. The first-order valence-electron chi connectivity index (χ1n) is 13.2. The quantitative estimate of drug-likeness (QED) is 0.471. The van der Waals surface area contributed by atoms with Gasteiger partial charge in [0, 0.05) is 10.7 Å². The average molecular weight is 541 g/mol. The molecule has 3 aliphatic rings. The van der Waals surface area contributed by atoms with Crippen molar-refractivity contribution in [2.75, 3.05) is 18.5 Å². The summed E-state index contributed by atoms with van der Waals surface area (Å²) in [5, 5.41) is 14.0. The van der Waals surface area contributed by atoms with Gasteiger partial charge < -0.3 is 24.8 Å². The molecule has 38 heavy (non-hydrogen) atoms. The van der Waals surface area contributed by atoms with Gasteiger partial charge in [0.15, 0.2) is 0 Å². The number of esters is 1. The number of amides is 2. The number of ether oxygens (including phenoxy) is 2. The van der Waals surface area contributed by atoms with Crippen molar-refractivity contribution in [1.29, 1.82) is 0 Å². The highest BCUT2D eigenvalue weighted by atomic mass is 35.5. The van der Waals surface area contributed by atoms with Gasteiger partial charge in [-0.25, -0.2) is 0 Å². The van der Waals surface area contributed by atoms with E-state index in [9.17, 15) is 19.5 Å². The molecule has 5 rings (SSSR count). The molecule has 3 saturated heterocycles. The van der Waals surface area contributed by atoms with Gasteiger partial charge in [0.1, 0.15) is 17.6 Å². The number of nitrogens with one attached hydrogen (secondary N) is 1. The van der Waals surface area contributed by atoms with Gasteiger partial charge in [-0.05, 0) is 62.4 Å². The highest BCUT2D eigenvalue weighted by Crippen LogP contribution is 2.64. The number of aliphatic hydroxyl groups excluding tert-OH is 1. The Labute approximate surface area is 227 Å². The van der Waals surface area contributed by atoms with Gasteiger partial charge >= 0.3 is 5.97 Å². The summed E-state index contributed by atoms with van der Waals surface area (Å²) in [4.78, 5) is 43.1. The highest BCUT2D eigenvalue weighted by molar-refractivity contribution is 6.30. The molecule has 202 valence electrons. The minimum Gasteiger partial charge on any atom is -0.466 e. The molecule has 6 atom stereocenters. The molecule has 0 radical (unpaired) electrons. The van der Waals surface area contributed by atoms with E-state index in [2.05, 4.69) is 5.32 Å². The molecule has 2 bridgehead atoms. The molecule has 0 aromatic heterocycles. The van der Waals surface area contributed by atoms with Gasteiger partial charge in [-0.1, -0.05) is 48.9 Å². The van der Waals surface area contributed by atoms with Crippen LogP contribution in [0.15, 0.2) is 54.6 Å². The van der Waals surface area contributed by atoms with Crippen molar-refractivity contribution in [2.45, 2.75) is 62.8 Å². The van der Waals surface area contributed by atoms with Crippen molar-refractivity contribution < 1.29 is 29.0 Å². The van der Waals surface area contributed by atoms with Crippen molar-refractivity contribution in [3.8, 4) is 0 Å². The van der Waals surface area contributed by atoms with Crippen molar-refractivity contribution in [3.63, 3.8) is 0 Å². The SMILES string of the molecule is CCOC(=O)[C@@H]1[C@H]2C(=O)N([C@@H](CO)Cc3ccccc3)C(C(=O)Nc3ccc(Cl)cc3)C23CC[C@@]1(CC)O3. The van der Waals surface area contributed by atoms with Crippen LogP contribution in [0.1, 0.15) is 38.7 Å². The Kier molecular flexibility index (Phi) is 7.24. The standard InChI is InChI=1S/C29H33ClN2O6/c1-3-28-14-15-29(38-28)22(23(28)27(36)37-4-2)26(35)32(21(17-33)16-18-8-6-5-7-9-18)24(29)25(34)31-20-12-10-19(30)11-13-20/h5-13,21-24,33H,3-4,14-17H2,1-2H3,(H,31,34)/t21-,22+,23+,24?,28-,29?/m1/s1. The molecule has 8 nitrogen and oxygen atoms in total. The Morgan fingerprint density at radius 3 is 2.50 bits per heavy atom. The number of likely N-dealkylation sites (tertiary alicyclic amines) is 1. The summed E-state index contributed by atoms with van der Waals surface area (Å²) in [6, 6.07) is 14.5. The normalized spacial score (nSPS) is 30.3. The Bertz CT molecular complexity index is 1210. The van der Waals surface area contributed by atoms with Gasteiger partial charge in [-0.3, -0.25) is 14.4 Å². The topological polar surface area (TPSA) is 105 Å². The van der Waals surface area contributed by atoms with Gasteiger partial charge in [-0.15, -0.1) is 0 Å². The highest BCUT2D eigenvalue weighted by Gasteiger charge is 2.79. The fraction of sp³-hybridized carbons (Fsp3) is 0.483. The fourth-order valence-corrected chi connectivity index (χ4v) is 6.95. The van der Waals surface area contributed by atoms with Crippen LogP contribution in [0.5, 0.6) is 0 Å². The molecule has 9 heteroatoms. The van der Waals surface area contributed by atoms with Crippen molar-refractivity contribution in [2.24, 2.45) is 11.8 Å². The number of hydrogen-bond donors (Lipinski definition) is 2. The Morgan fingerprint density at radius 2 is 1.87 bits per heavy atom. The fourth-order valence-electron chi connectivity index (χ4n) is 6.82. The van der Waals surface area contributed by atoms with E-state index in [0.29, 0.717) is 36.4 Å². The maximum Gasteiger partial charge on any atom is 0.312 e. The first-order valence-corrected chi connectivity index (χ1v) is 13.6. The van der Waals surface area contributed by atoms with E-state index in [4.69, 9.17) is 21.1 Å². The third-order valence-electron chi connectivity index (χ3n) is 8.44. The minimum atomic E-state index is -1.20. The number of hydrogen-bond acceptors (Lipinski definition) is 6. The summed E-state index contributed by atoms with van der Waals surface area (Å²) in [5.41, 5.74) is -0.630. The molecule has 3 fully saturated rings. The lowest BCUT2D eigenvalue weighted by Crippen LogP contribution is -2.57. The van der Waals surface area contributed by atoms with Crippen LogP contribution in [0.25, 0.3) is 0 Å². The molecule has 2 aromatic rings. The summed E-state index contributed by atoms with van der Waals surface area (Å²) in [7, 11) is 0. The molecular formula is C29H33ClN2O6. The largest absolute Gasteiger partial charge is 0.466 e. The second-order valence-electron chi connectivity index (χ2n) is 10.4. The van der Waals surface area contributed by atoms with Crippen LogP contribution in [0.2, 0.25) is 5.02 Å². The lowest BCUT2D eigenvalue weighted by Gasteiger charge is -2.37. The van der Waals surface area contributed by atoms with E-state index in [1.165, 1.54) is 4.90 Å². The van der Waals surface area contributed by atoms with Gasteiger partial charge in [0.05, 0.1) is 30.8 Å². The summed E-state index contributed by atoms with van der Waals surface area (Å²) < 4.78 is 12.1. The van der Waals surface area contributed by atoms with E-state index in [0.717, 1.165) is 5.56 Å². The summed E-state index contributed by atoms with van der Waals surface area (Å²) in [6.07, 6.45) is 1.85. The number of fused-ring (bicyclic) bond motifs is 1. The first-order chi connectivity index (χ1) is 18.3. The number of carbonyl (C=O) groups is 3. The van der Waals surface area contributed by atoms with Crippen LogP contribution in [-0.2, 0) is 30.3 Å². The Hall–Kier alpha value is -2.94. The number of benzene rings is 2. The molecule has 3 heterocycles. The zero-order valence-electron chi connectivity index (χ0n) is 21.6. The predicted molar refractivity (Wildman–Crippen MR) is 141 cm³/mol.